The van der Waals surface area contributed by atoms with Crippen LogP contribution in [0.5, 0.6) is 0 Å². The number of rotatable bonds is 5. The summed E-state index contributed by atoms with van der Waals surface area (Å²) in [5.41, 5.74) is 0.768. The number of carbonyl (C=O) groups is 1. The van der Waals surface area contributed by atoms with Crippen LogP contribution in [-0.2, 0) is 4.79 Å². The van der Waals surface area contributed by atoms with Crippen LogP contribution in [0.15, 0.2) is 28.7 Å². The molecule has 0 aromatic heterocycles. The van der Waals surface area contributed by atoms with E-state index < -0.39 is 0 Å². The third kappa shape index (κ3) is 4.86. The molecule has 0 heterocycles. The maximum atomic E-state index is 11.8. The first-order chi connectivity index (χ1) is 8.52. The first-order valence-corrected chi connectivity index (χ1v) is 6.45. The Morgan fingerprint density at radius 2 is 2.11 bits per heavy atom. The standard InChI is InChI=1S/C13H16BrN3O/c1-10(7-8-15)17(2)9-13(18)16-12-5-3-11(14)4-6-12/h3-6,10H,7,9H2,1-2H3,(H,16,18). The van der Waals surface area contributed by atoms with E-state index in [1.54, 1.807) is 0 Å². The smallest absolute Gasteiger partial charge is 0.238 e. The lowest BCUT2D eigenvalue weighted by Gasteiger charge is -2.21. The molecule has 0 aliphatic rings. The van der Waals surface area contributed by atoms with Crippen molar-refractivity contribution < 1.29 is 4.79 Å². The minimum Gasteiger partial charge on any atom is -0.325 e. The van der Waals surface area contributed by atoms with Gasteiger partial charge in [-0.3, -0.25) is 9.69 Å². The monoisotopic (exact) mass is 309 g/mol. The molecule has 18 heavy (non-hydrogen) atoms. The van der Waals surface area contributed by atoms with Gasteiger partial charge in [0.05, 0.1) is 19.0 Å². The Bertz CT molecular complexity index is 439. The van der Waals surface area contributed by atoms with Crippen molar-refractivity contribution in [2.45, 2.75) is 19.4 Å². The molecule has 1 aromatic carbocycles. The molecule has 0 fully saturated rings. The SMILES string of the molecule is CC(CC#N)N(C)CC(=O)Nc1ccc(Br)cc1. The molecule has 1 amide bonds. The van der Waals surface area contributed by atoms with Gasteiger partial charge >= 0.3 is 0 Å². The van der Waals surface area contributed by atoms with E-state index in [9.17, 15) is 4.79 Å². The summed E-state index contributed by atoms with van der Waals surface area (Å²) < 4.78 is 0.972. The van der Waals surface area contributed by atoms with Gasteiger partial charge in [0.15, 0.2) is 0 Å². The highest BCUT2D eigenvalue weighted by Crippen LogP contribution is 2.14. The van der Waals surface area contributed by atoms with Crippen molar-refractivity contribution >= 4 is 27.5 Å². The highest BCUT2D eigenvalue weighted by Gasteiger charge is 2.12. The van der Waals surface area contributed by atoms with Gasteiger partial charge in [0.2, 0.25) is 5.91 Å². The Labute approximate surface area is 116 Å². The number of hydrogen-bond acceptors (Lipinski definition) is 3. The second kappa shape index (κ2) is 7.14. The number of amides is 1. The molecule has 5 heteroatoms. The Morgan fingerprint density at radius 1 is 1.50 bits per heavy atom. The van der Waals surface area contributed by atoms with E-state index in [-0.39, 0.29) is 18.5 Å². The molecule has 0 radical (unpaired) electrons. The molecule has 0 saturated carbocycles. The van der Waals surface area contributed by atoms with Crippen molar-refractivity contribution in [1.29, 1.82) is 5.26 Å². The van der Waals surface area contributed by atoms with E-state index in [4.69, 9.17) is 5.26 Å². The van der Waals surface area contributed by atoms with Gasteiger partial charge in [-0.25, -0.2) is 0 Å². The van der Waals surface area contributed by atoms with E-state index >= 15 is 0 Å². The number of benzene rings is 1. The van der Waals surface area contributed by atoms with Crippen LogP contribution in [-0.4, -0.2) is 30.4 Å². The fourth-order valence-corrected chi connectivity index (χ4v) is 1.67. The highest BCUT2D eigenvalue weighted by molar-refractivity contribution is 9.10. The van der Waals surface area contributed by atoms with Crippen LogP contribution < -0.4 is 5.32 Å². The Kier molecular flexibility index (Phi) is 5.83. The summed E-state index contributed by atoms with van der Waals surface area (Å²) in [7, 11) is 1.84. The maximum Gasteiger partial charge on any atom is 0.238 e. The third-order valence-corrected chi connectivity index (χ3v) is 3.19. The fourth-order valence-electron chi connectivity index (χ4n) is 1.40. The van der Waals surface area contributed by atoms with E-state index in [2.05, 4.69) is 27.3 Å². The molecule has 0 bridgehead atoms. The van der Waals surface area contributed by atoms with Crippen LogP contribution in [0.3, 0.4) is 0 Å². The summed E-state index contributed by atoms with van der Waals surface area (Å²) in [6.45, 7) is 2.20. The van der Waals surface area contributed by atoms with Gasteiger partial charge in [-0.05, 0) is 38.2 Å². The third-order valence-electron chi connectivity index (χ3n) is 2.66. The molecular formula is C13H16BrN3O. The number of likely N-dealkylation sites (N-methyl/N-ethyl adjacent to an activating group) is 1. The number of hydrogen-bond donors (Lipinski definition) is 1. The molecule has 1 aromatic rings. The molecule has 0 spiro atoms. The van der Waals surface area contributed by atoms with Gasteiger partial charge in [-0.15, -0.1) is 0 Å². The quantitative estimate of drug-likeness (QED) is 0.909. The van der Waals surface area contributed by atoms with Crippen molar-refractivity contribution in [2.75, 3.05) is 18.9 Å². The molecule has 1 atom stereocenters. The summed E-state index contributed by atoms with van der Waals surface area (Å²) in [6, 6.07) is 9.59. The second-order valence-corrected chi connectivity index (χ2v) is 5.10. The number of halogens is 1. The van der Waals surface area contributed by atoms with Gasteiger partial charge in [0.1, 0.15) is 0 Å². The molecule has 0 aliphatic heterocycles. The van der Waals surface area contributed by atoms with Crippen molar-refractivity contribution in [2.24, 2.45) is 0 Å². The van der Waals surface area contributed by atoms with Crippen molar-refractivity contribution in [3.63, 3.8) is 0 Å². The van der Waals surface area contributed by atoms with Crippen LogP contribution in [0.4, 0.5) is 5.69 Å². The Balaban J connectivity index is 2.47. The Morgan fingerprint density at radius 3 is 2.67 bits per heavy atom. The van der Waals surface area contributed by atoms with Crippen molar-refractivity contribution in [3.8, 4) is 6.07 Å². The lowest BCUT2D eigenvalue weighted by Crippen LogP contribution is -2.36. The molecule has 4 nitrogen and oxygen atoms in total. The minimum atomic E-state index is -0.0791. The lowest BCUT2D eigenvalue weighted by molar-refractivity contribution is -0.117. The van der Waals surface area contributed by atoms with Gasteiger partial charge in [0, 0.05) is 16.2 Å². The summed E-state index contributed by atoms with van der Waals surface area (Å²) in [5, 5.41) is 11.4. The van der Waals surface area contributed by atoms with Gasteiger partial charge in [-0.1, -0.05) is 15.9 Å². The molecule has 96 valence electrons. The average molecular weight is 310 g/mol. The number of nitrogens with one attached hydrogen (secondary N) is 1. The number of nitrogens with zero attached hydrogens (tertiary/aromatic N) is 2. The Hall–Kier alpha value is -1.38. The first-order valence-electron chi connectivity index (χ1n) is 5.65. The van der Waals surface area contributed by atoms with Crippen LogP contribution in [0.2, 0.25) is 0 Å². The highest BCUT2D eigenvalue weighted by atomic mass is 79.9. The summed E-state index contributed by atoms with van der Waals surface area (Å²) in [5.74, 6) is -0.0791. The maximum absolute atomic E-state index is 11.8. The topological polar surface area (TPSA) is 56.1 Å². The first kappa shape index (κ1) is 14.7. The zero-order chi connectivity index (χ0) is 13.5. The fraction of sp³-hybridized carbons (Fsp3) is 0.385. The zero-order valence-corrected chi connectivity index (χ0v) is 12.1. The molecule has 0 saturated heterocycles. The summed E-state index contributed by atoms with van der Waals surface area (Å²) in [4.78, 5) is 13.6. The number of carbonyl (C=O) groups excluding carboxylic acids is 1. The van der Waals surface area contributed by atoms with E-state index in [1.807, 2.05) is 43.1 Å². The zero-order valence-electron chi connectivity index (χ0n) is 10.5. The average Bonchev–Trinajstić information content (AvgIpc) is 2.32. The van der Waals surface area contributed by atoms with Gasteiger partial charge in [0.25, 0.3) is 0 Å². The molecular weight excluding hydrogens is 294 g/mol. The second-order valence-electron chi connectivity index (χ2n) is 4.18. The van der Waals surface area contributed by atoms with Gasteiger partial charge < -0.3 is 5.32 Å². The van der Waals surface area contributed by atoms with E-state index in [0.717, 1.165) is 10.2 Å². The van der Waals surface area contributed by atoms with E-state index in [0.29, 0.717) is 6.42 Å². The van der Waals surface area contributed by atoms with Crippen LogP contribution >= 0.6 is 15.9 Å². The molecule has 1 rings (SSSR count). The minimum absolute atomic E-state index is 0.0747. The van der Waals surface area contributed by atoms with Crippen LogP contribution in [0.1, 0.15) is 13.3 Å². The van der Waals surface area contributed by atoms with Gasteiger partial charge in [-0.2, -0.15) is 5.26 Å². The number of anilines is 1. The van der Waals surface area contributed by atoms with Crippen molar-refractivity contribution in [1.82, 2.24) is 4.90 Å². The molecule has 1 unspecified atom stereocenters. The van der Waals surface area contributed by atoms with E-state index in [1.165, 1.54) is 0 Å². The van der Waals surface area contributed by atoms with Crippen molar-refractivity contribution in [3.05, 3.63) is 28.7 Å². The predicted molar refractivity (Wildman–Crippen MR) is 75.1 cm³/mol. The largest absolute Gasteiger partial charge is 0.325 e. The van der Waals surface area contributed by atoms with Crippen LogP contribution in [0, 0.1) is 11.3 Å². The normalized spacial score (nSPS) is 11.9. The molecule has 0 aliphatic carbocycles. The lowest BCUT2D eigenvalue weighted by atomic mass is 10.2. The summed E-state index contributed by atoms with van der Waals surface area (Å²) >= 11 is 3.34. The molecule has 1 N–H and O–H groups in total. The van der Waals surface area contributed by atoms with Crippen LogP contribution in [0.25, 0.3) is 0 Å². The number of nitriles is 1. The predicted octanol–water partition coefficient (Wildman–Crippen LogP) is 2.62. The summed E-state index contributed by atoms with van der Waals surface area (Å²) in [6.07, 6.45) is 0.419.